The van der Waals surface area contributed by atoms with Gasteiger partial charge in [0.05, 0.1) is 6.54 Å². The van der Waals surface area contributed by atoms with Gasteiger partial charge < -0.3 is 53.7 Å². The number of anilines is 1. The van der Waals surface area contributed by atoms with Gasteiger partial charge in [0.2, 0.25) is 35.4 Å². The number of nitrogens with one attached hydrogen (secondary N) is 6. The van der Waals surface area contributed by atoms with E-state index in [1.54, 1.807) is 6.20 Å². The first-order valence-corrected chi connectivity index (χ1v) is 21.5. The number of para-hydroxylation sites is 2. The number of nitrogens with two attached hydrogens (primary N) is 3. The summed E-state index contributed by atoms with van der Waals surface area (Å²) in [4.78, 5) is 91.4. The summed E-state index contributed by atoms with van der Waals surface area (Å²) in [6, 6.07) is 21.0. The van der Waals surface area contributed by atoms with Crippen LogP contribution in [-0.4, -0.2) is 96.2 Å². The van der Waals surface area contributed by atoms with E-state index in [9.17, 15) is 28.8 Å². The van der Waals surface area contributed by atoms with Crippen molar-refractivity contribution < 1.29 is 28.8 Å². The second-order valence-corrected chi connectivity index (χ2v) is 16.0. The number of hydrogen-bond acceptors (Lipinski definition) is 8. The number of primary amides is 1. The standard InChI is InChI=1S/C46H61N11O6/c1-3-4-20-40(59)56-46(21-24-57(25-22-46)38-19-11-8-13-30(38)2)44(63)55-36(26-31-14-6-5-7-15-31)43(62)53-35(18-12-23-50-45(48)49)42(61)54-37(41(60)52-29-39(47)58)27-32-28-51-34-17-10-9-16-33(32)34/h5-11,13-17,19,28,35-37,51H,3-4,12,18,20-27,29H2,1-2H3,(H2,47,58)(H,52,60)(H,53,62)(H,54,61)(H,55,63)(H,56,59)(H4,48,49,50). The highest BCUT2D eigenvalue weighted by Gasteiger charge is 2.44. The number of piperidine rings is 1. The molecule has 336 valence electrons. The number of rotatable bonds is 22. The van der Waals surface area contributed by atoms with Gasteiger partial charge in [-0.05, 0) is 67.9 Å². The molecule has 1 saturated heterocycles. The number of amides is 6. The quantitative estimate of drug-likeness (QED) is 0.0316. The monoisotopic (exact) mass is 863 g/mol. The minimum Gasteiger partial charge on any atom is -0.371 e. The van der Waals surface area contributed by atoms with Crippen molar-refractivity contribution in [3.8, 4) is 0 Å². The van der Waals surface area contributed by atoms with Gasteiger partial charge in [-0.1, -0.05) is 80.1 Å². The molecular formula is C46H61N11O6. The van der Waals surface area contributed by atoms with Gasteiger partial charge in [-0.3, -0.25) is 33.8 Å². The van der Waals surface area contributed by atoms with E-state index in [0.717, 1.165) is 39.7 Å². The number of carbonyl (C=O) groups is 6. The summed E-state index contributed by atoms with van der Waals surface area (Å²) < 4.78 is 0. The van der Waals surface area contributed by atoms with Gasteiger partial charge in [-0.2, -0.15) is 0 Å². The van der Waals surface area contributed by atoms with Crippen molar-refractivity contribution in [2.75, 3.05) is 31.1 Å². The SMILES string of the molecule is CCCCC(=O)NC1(C(=O)NC(Cc2ccccc2)C(=O)NC(CCCN=C(N)N)C(=O)NC(Cc2c[nH]c3ccccc23)C(=O)NCC(N)=O)CCN(c2ccccc2C)CC1. The number of hydrogen-bond donors (Lipinski definition) is 9. The maximum Gasteiger partial charge on any atom is 0.246 e. The molecule has 1 aromatic heterocycles. The maximum atomic E-state index is 14.7. The molecule has 17 heteroatoms. The highest BCUT2D eigenvalue weighted by Crippen LogP contribution is 2.29. The first-order chi connectivity index (χ1) is 30.3. The topological polar surface area (TPSA) is 272 Å². The van der Waals surface area contributed by atoms with E-state index in [1.807, 2.05) is 92.7 Å². The van der Waals surface area contributed by atoms with Gasteiger partial charge in [-0.25, -0.2) is 0 Å². The van der Waals surface area contributed by atoms with Crippen LogP contribution in [0.25, 0.3) is 10.9 Å². The maximum absolute atomic E-state index is 14.7. The molecule has 3 unspecified atom stereocenters. The molecule has 12 N–H and O–H groups in total. The Morgan fingerprint density at radius 1 is 0.778 bits per heavy atom. The third-order valence-corrected chi connectivity index (χ3v) is 11.3. The first kappa shape index (κ1) is 47.1. The van der Waals surface area contributed by atoms with Gasteiger partial charge in [0.25, 0.3) is 0 Å². The van der Waals surface area contributed by atoms with Crippen LogP contribution in [0.4, 0.5) is 5.69 Å². The van der Waals surface area contributed by atoms with Crippen LogP contribution in [0.2, 0.25) is 0 Å². The summed E-state index contributed by atoms with van der Waals surface area (Å²) in [5.41, 5.74) is 19.6. The molecule has 17 nitrogen and oxygen atoms in total. The van der Waals surface area contributed by atoms with Crippen LogP contribution in [0.3, 0.4) is 0 Å². The van der Waals surface area contributed by atoms with Crippen molar-refractivity contribution in [3.63, 3.8) is 0 Å². The number of fused-ring (bicyclic) bond motifs is 1. The average Bonchev–Trinajstić information content (AvgIpc) is 3.68. The van der Waals surface area contributed by atoms with Crippen LogP contribution in [0, 0.1) is 6.92 Å². The molecule has 0 saturated carbocycles. The van der Waals surface area contributed by atoms with E-state index in [4.69, 9.17) is 17.2 Å². The lowest BCUT2D eigenvalue weighted by atomic mass is 9.85. The number of guanidine groups is 1. The van der Waals surface area contributed by atoms with Crippen molar-refractivity contribution in [3.05, 3.63) is 102 Å². The summed E-state index contributed by atoms with van der Waals surface area (Å²) in [6.45, 7) is 4.66. The van der Waals surface area contributed by atoms with Crippen molar-refractivity contribution in [1.82, 2.24) is 31.6 Å². The number of aliphatic imine (C=N–C) groups is 1. The van der Waals surface area contributed by atoms with Crippen molar-refractivity contribution in [1.29, 1.82) is 0 Å². The Morgan fingerprint density at radius 2 is 1.43 bits per heavy atom. The number of aromatic amines is 1. The first-order valence-electron chi connectivity index (χ1n) is 21.5. The lowest BCUT2D eigenvalue weighted by Crippen LogP contribution is -2.66. The van der Waals surface area contributed by atoms with Gasteiger partial charge in [0, 0.05) is 61.7 Å². The zero-order valence-electron chi connectivity index (χ0n) is 36.1. The Labute approximate surface area is 367 Å². The number of nitrogens with zero attached hydrogens (tertiary/aromatic N) is 2. The van der Waals surface area contributed by atoms with E-state index < -0.39 is 59.7 Å². The van der Waals surface area contributed by atoms with E-state index >= 15 is 0 Å². The molecule has 0 bridgehead atoms. The fourth-order valence-electron chi connectivity index (χ4n) is 7.82. The number of aryl methyl sites for hydroxylation is 1. The van der Waals surface area contributed by atoms with Crippen LogP contribution in [0.1, 0.15) is 68.6 Å². The Balaban J connectivity index is 1.42. The lowest BCUT2D eigenvalue weighted by Gasteiger charge is -2.43. The number of aromatic nitrogens is 1. The molecule has 4 aromatic rings. The number of unbranched alkanes of at least 4 members (excludes halogenated alkanes) is 1. The van der Waals surface area contributed by atoms with Crippen molar-refractivity contribution in [2.24, 2.45) is 22.2 Å². The summed E-state index contributed by atoms with van der Waals surface area (Å²) in [5, 5.41) is 15.0. The molecule has 3 atom stereocenters. The van der Waals surface area contributed by atoms with Gasteiger partial charge in [0.15, 0.2) is 5.96 Å². The summed E-state index contributed by atoms with van der Waals surface area (Å²) >= 11 is 0. The second kappa shape index (κ2) is 22.8. The normalized spacial score (nSPS) is 14.7. The molecule has 1 aliphatic heterocycles. The predicted octanol–water partition coefficient (Wildman–Crippen LogP) is 1.72. The number of carbonyl (C=O) groups excluding carboxylic acids is 6. The van der Waals surface area contributed by atoms with E-state index in [1.165, 1.54) is 0 Å². The van der Waals surface area contributed by atoms with E-state index in [2.05, 4.69) is 41.5 Å². The van der Waals surface area contributed by atoms with Gasteiger partial charge in [0.1, 0.15) is 23.7 Å². The van der Waals surface area contributed by atoms with E-state index in [0.29, 0.717) is 19.5 Å². The smallest absolute Gasteiger partial charge is 0.246 e. The Bertz CT molecular complexity index is 2230. The Kier molecular flexibility index (Phi) is 17.1. The van der Waals surface area contributed by atoms with E-state index in [-0.39, 0.29) is 63.4 Å². The molecule has 1 fully saturated rings. The minimum absolute atomic E-state index is 0.0367. The number of H-pyrrole nitrogens is 1. The fourth-order valence-corrected chi connectivity index (χ4v) is 7.82. The molecule has 3 aromatic carbocycles. The van der Waals surface area contributed by atoms with Crippen molar-refractivity contribution in [2.45, 2.75) is 95.3 Å². The third-order valence-electron chi connectivity index (χ3n) is 11.3. The van der Waals surface area contributed by atoms with Gasteiger partial charge in [-0.15, -0.1) is 0 Å². The average molecular weight is 864 g/mol. The molecule has 0 radical (unpaired) electrons. The highest BCUT2D eigenvalue weighted by atomic mass is 16.2. The summed E-state index contributed by atoms with van der Waals surface area (Å²) in [5.74, 6) is -3.68. The predicted molar refractivity (Wildman–Crippen MR) is 243 cm³/mol. The van der Waals surface area contributed by atoms with Crippen molar-refractivity contribution >= 4 is 58.0 Å². The summed E-state index contributed by atoms with van der Waals surface area (Å²) in [7, 11) is 0. The van der Waals surface area contributed by atoms with Crippen LogP contribution >= 0.6 is 0 Å². The number of benzene rings is 3. The molecule has 2 heterocycles. The Hall–Kier alpha value is -6.91. The third kappa shape index (κ3) is 13.5. The van der Waals surface area contributed by atoms with Crippen LogP contribution < -0.4 is 48.7 Å². The second-order valence-electron chi connectivity index (χ2n) is 16.0. The minimum atomic E-state index is -1.32. The molecule has 63 heavy (non-hydrogen) atoms. The zero-order chi connectivity index (χ0) is 45.4. The van der Waals surface area contributed by atoms with Crippen LogP contribution in [-0.2, 0) is 41.6 Å². The highest BCUT2D eigenvalue weighted by molar-refractivity contribution is 5.98. The molecule has 6 amide bonds. The molecule has 0 aliphatic carbocycles. The zero-order valence-corrected chi connectivity index (χ0v) is 36.1. The fraction of sp³-hybridized carbons (Fsp3) is 0.413. The van der Waals surface area contributed by atoms with Crippen LogP contribution in [0.5, 0.6) is 0 Å². The van der Waals surface area contributed by atoms with Crippen LogP contribution in [0.15, 0.2) is 90.1 Å². The summed E-state index contributed by atoms with van der Waals surface area (Å²) in [6.07, 6.45) is 4.43. The Morgan fingerprint density at radius 3 is 2.13 bits per heavy atom. The lowest BCUT2D eigenvalue weighted by molar-refractivity contribution is -0.138. The molecular weight excluding hydrogens is 803 g/mol. The van der Waals surface area contributed by atoms with Gasteiger partial charge >= 0.3 is 0 Å². The largest absolute Gasteiger partial charge is 0.371 e. The molecule has 1 aliphatic rings. The molecule has 5 rings (SSSR count). The molecule has 0 spiro atoms.